The van der Waals surface area contributed by atoms with Crippen LogP contribution in [0.4, 0.5) is 5.69 Å². The Morgan fingerprint density at radius 2 is 1.58 bits per heavy atom. The molecule has 0 fully saturated rings. The molecule has 1 amide bonds. The minimum absolute atomic E-state index is 0.346. The summed E-state index contributed by atoms with van der Waals surface area (Å²) >= 11 is 0. The first-order valence-electron chi connectivity index (χ1n) is 11.5. The predicted molar refractivity (Wildman–Crippen MR) is 140 cm³/mol. The number of pyridine rings is 1. The average Bonchev–Trinajstić information content (AvgIpc) is 2.87. The van der Waals surface area contributed by atoms with E-state index in [1.165, 1.54) is 21.1 Å². The number of aromatic nitrogens is 1. The number of rotatable bonds is 7. The summed E-state index contributed by atoms with van der Waals surface area (Å²) in [6.07, 6.45) is -1.05. The Morgan fingerprint density at radius 1 is 0.889 bits per heavy atom. The lowest BCUT2D eigenvalue weighted by molar-refractivity contribution is -0.123. The van der Waals surface area contributed by atoms with Crippen molar-refractivity contribution >= 4 is 28.5 Å². The van der Waals surface area contributed by atoms with E-state index in [2.05, 4.69) is 11.4 Å². The van der Waals surface area contributed by atoms with E-state index >= 15 is 0 Å². The Labute approximate surface area is 210 Å². The van der Waals surface area contributed by atoms with Gasteiger partial charge in [0.15, 0.2) is 6.10 Å². The lowest BCUT2D eigenvalue weighted by Gasteiger charge is -2.16. The molecule has 4 aromatic rings. The molecule has 1 heterocycles. The number of carbonyl (C=O) groups excluding carboxylic acids is 2. The Kier molecular flexibility index (Phi) is 7.20. The average molecular weight is 485 g/mol. The van der Waals surface area contributed by atoms with E-state index in [0.29, 0.717) is 39.3 Å². The van der Waals surface area contributed by atoms with Crippen LogP contribution in [0.3, 0.4) is 0 Å². The molecule has 0 spiro atoms. The summed E-state index contributed by atoms with van der Waals surface area (Å²) in [4.78, 5) is 30.9. The number of methoxy groups -OCH3 is 2. The Morgan fingerprint density at radius 3 is 2.25 bits per heavy atom. The zero-order chi connectivity index (χ0) is 25.8. The van der Waals surface area contributed by atoms with Gasteiger partial charge < -0.3 is 19.5 Å². The van der Waals surface area contributed by atoms with Crippen molar-refractivity contribution in [1.29, 1.82) is 0 Å². The van der Waals surface area contributed by atoms with Gasteiger partial charge in [0, 0.05) is 34.8 Å². The molecule has 0 saturated heterocycles. The molecule has 36 heavy (non-hydrogen) atoms. The zero-order valence-electron chi connectivity index (χ0n) is 20.9. The first kappa shape index (κ1) is 24.7. The fourth-order valence-corrected chi connectivity index (χ4v) is 3.98. The predicted octanol–water partition coefficient (Wildman–Crippen LogP) is 5.72. The van der Waals surface area contributed by atoms with Gasteiger partial charge in [-0.25, -0.2) is 9.78 Å². The Hall–Kier alpha value is -4.39. The van der Waals surface area contributed by atoms with Gasteiger partial charge in [0.25, 0.3) is 5.91 Å². The van der Waals surface area contributed by atoms with Gasteiger partial charge in [0.2, 0.25) is 0 Å². The summed E-state index contributed by atoms with van der Waals surface area (Å²) < 4.78 is 16.1. The number of benzene rings is 3. The lowest BCUT2D eigenvalue weighted by atomic mass is 9.99. The zero-order valence-corrected chi connectivity index (χ0v) is 20.9. The number of hydrogen-bond donors (Lipinski definition) is 1. The summed E-state index contributed by atoms with van der Waals surface area (Å²) in [7, 11) is 3.05. The molecule has 7 nitrogen and oxygen atoms in total. The SMILES string of the molecule is COc1cc(NC(=O)C(C)OC(=O)c2cc(-c3ccc(C)cc3C)nc3ccccc23)cc(OC)c1. The number of nitrogens with zero attached hydrogens (tertiary/aromatic N) is 1. The summed E-state index contributed by atoms with van der Waals surface area (Å²) in [5, 5.41) is 3.40. The molecule has 4 rings (SSSR count). The number of hydrogen-bond acceptors (Lipinski definition) is 6. The maximum absolute atomic E-state index is 13.3. The summed E-state index contributed by atoms with van der Waals surface area (Å²) in [5.74, 6) is -0.0370. The van der Waals surface area contributed by atoms with Crippen LogP contribution in [0.25, 0.3) is 22.2 Å². The molecular formula is C29H28N2O5. The molecule has 0 bridgehead atoms. The maximum Gasteiger partial charge on any atom is 0.339 e. The van der Waals surface area contributed by atoms with Crippen LogP contribution in [-0.2, 0) is 9.53 Å². The first-order chi connectivity index (χ1) is 17.3. The number of ether oxygens (including phenoxy) is 3. The molecular weight excluding hydrogens is 456 g/mol. The van der Waals surface area contributed by atoms with Crippen LogP contribution >= 0.6 is 0 Å². The molecule has 1 unspecified atom stereocenters. The van der Waals surface area contributed by atoms with E-state index in [1.807, 2.05) is 50.2 Å². The molecule has 0 saturated carbocycles. The quantitative estimate of drug-likeness (QED) is 0.338. The second-order valence-corrected chi connectivity index (χ2v) is 8.53. The number of aryl methyl sites for hydroxylation is 2. The third kappa shape index (κ3) is 5.30. The van der Waals surface area contributed by atoms with Gasteiger partial charge in [-0.05, 0) is 38.5 Å². The summed E-state index contributed by atoms with van der Waals surface area (Å²) in [5.41, 5.74) is 5.27. The van der Waals surface area contributed by atoms with Gasteiger partial charge in [-0.15, -0.1) is 0 Å². The molecule has 0 radical (unpaired) electrons. The van der Waals surface area contributed by atoms with Crippen LogP contribution in [0.5, 0.6) is 11.5 Å². The second-order valence-electron chi connectivity index (χ2n) is 8.53. The Bertz CT molecular complexity index is 1430. The van der Waals surface area contributed by atoms with Crippen molar-refractivity contribution in [3.8, 4) is 22.8 Å². The summed E-state index contributed by atoms with van der Waals surface area (Å²) in [6.45, 7) is 5.57. The van der Waals surface area contributed by atoms with E-state index in [9.17, 15) is 9.59 Å². The molecule has 0 aliphatic carbocycles. The standard InChI is InChI=1S/C29H28N2O5/c1-17-10-11-23(18(2)12-17)27-16-25(24-8-6-7-9-26(24)31-27)29(33)36-19(3)28(32)30-20-13-21(34-4)15-22(14-20)35-5/h6-16,19H,1-5H3,(H,30,32). The van der Waals surface area contributed by atoms with Gasteiger partial charge in [-0.1, -0.05) is 42.0 Å². The molecule has 0 aliphatic rings. The Balaban J connectivity index is 1.61. The monoisotopic (exact) mass is 484 g/mol. The minimum atomic E-state index is -1.05. The molecule has 184 valence electrons. The highest BCUT2D eigenvalue weighted by atomic mass is 16.5. The third-order valence-electron chi connectivity index (χ3n) is 5.87. The fraction of sp³-hybridized carbons (Fsp3) is 0.207. The minimum Gasteiger partial charge on any atom is -0.497 e. The van der Waals surface area contributed by atoms with Crippen LogP contribution in [-0.4, -0.2) is 37.2 Å². The van der Waals surface area contributed by atoms with Crippen LogP contribution in [0.15, 0.2) is 66.7 Å². The van der Waals surface area contributed by atoms with E-state index < -0.39 is 18.0 Å². The van der Waals surface area contributed by atoms with Crippen LogP contribution in [0.1, 0.15) is 28.4 Å². The van der Waals surface area contributed by atoms with Gasteiger partial charge in [-0.2, -0.15) is 0 Å². The van der Waals surface area contributed by atoms with Crippen molar-refractivity contribution in [2.24, 2.45) is 0 Å². The number of para-hydroxylation sites is 1. The smallest absolute Gasteiger partial charge is 0.339 e. The van der Waals surface area contributed by atoms with Crippen molar-refractivity contribution in [2.75, 3.05) is 19.5 Å². The maximum atomic E-state index is 13.3. The molecule has 3 aromatic carbocycles. The van der Waals surface area contributed by atoms with E-state index in [0.717, 1.165) is 16.7 Å². The fourth-order valence-electron chi connectivity index (χ4n) is 3.98. The second kappa shape index (κ2) is 10.5. The molecule has 7 heteroatoms. The van der Waals surface area contributed by atoms with E-state index in [1.54, 1.807) is 24.3 Å². The van der Waals surface area contributed by atoms with Crippen molar-refractivity contribution < 1.29 is 23.8 Å². The van der Waals surface area contributed by atoms with Crippen LogP contribution < -0.4 is 14.8 Å². The van der Waals surface area contributed by atoms with Gasteiger partial charge in [0.05, 0.1) is 31.0 Å². The first-order valence-corrected chi connectivity index (χ1v) is 11.5. The summed E-state index contributed by atoms with van der Waals surface area (Å²) in [6, 6.07) is 20.2. The van der Waals surface area contributed by atoms with Crippen molar-refractivity contribution in [3.05, 3.63) is 83.4 Å². The van der Waals surface area contributed by atoms with Crippen molar-refractivity contribution in [1.82, 2.24) is 4.98 Å². The van der Waals surface area contributed by atoms with E-state index in [-0.39, 0.29) is 0 Å². The number of esters is 1. The van der Waals surface area contributed by atoms with Gasteiger partial charge in [0.1, 0.15) is 11.5 Å². The normalized spacial score (nSPS) is 11.6. The van der Waals surface area contributed by atoms with E-state index in [4.69, 9.17) is 19.2 Å². The highest BCUT2D eigenvalue weighted by Crippen LogP contribution is 2.29. The molecule has 1 atom stereocenters. The highest BCUT2D eigenvalue weighted by Gasteiger charge is 2.22. The topological polar surface area (TPSA) is 86.8 Å². The molecule has 1 aromatic heterocycles. The number of nitrogens with one attached hydrogen (secondary N) is 1. The van der Waals surface area contributed by atoms with Crippen molar-refractivity contribution in [2.45, 2.75) is 26.9 Å². The lowest BCUT2D eigenvalue weighted by Crippen LogP contribution is -2.30. The molecule has 0 aliphatic heterocycles. The van der Waals surface area contributed by atoms with Gasteiger partial charge >= 0.3 is 5.97 Å². The highest BCUT2D eigenvalue weighted by molar-refractivity contribution is 6.06. The number of amides is 1. The largest absolute Gasteiger partial charge is 0.497 e. The number of anilines is 1. The van der Waals surface area contributed by atoms with Crippen molar-refractivity contribution in [3.63, 3.8) is 0 Å². The third-order valence-corrected chi connectivity index (χ3v) is 5.87. The van der Waals surface area contributed by atoms with Crippen LogP contribution in [0.2, 0.25) is 0 Å². The van der Waals surface area contributed by atoms with Crippen LogP contribution in [0, 0.1) is 13.8 Å². The number of carbonyl (C=O) groups is 2. The van der Waals surface area contributed by atoms with Gasteiger partial charge in [-0.3, -0.25) is 4.79 Å². The molecule has 1 N–H and O–H groups in total. The number of fused-ring (bicyclic) bond motifs is 1.